The Morgan fingerprint density at radius 2 is 2.19 bits per heavy atom. The first-order chi connectivity index (χ1) is 9.95. The number of rotatable bonds is 5. The molecule has 1 saturated heterocycles. The molecule has 0 aromatic carbocycles. The Kier molecular flexibility index (Phi) is 5.18. The molecule has 1 atom stereocenters. The van der Waals surface area contributed by atoms with Gasteiger partial charge in [0.05, 0.1) is 0 Å². The van der Waals surface area contributed by atoms with Gasteiger partial charge in [0, 0.05) is 33.4 Å². The van der Waals surface area contributed by atoms with E-state index in [0.717, 1.165) is 31.7 Å². The second-order valence-corrected chi connectivity index (χ2v) is 7.82. The zero-order valence-corrected chi connectivity index (χ0v) is 13.5. The van der Waals surface area contributed by atoms with Gasteiger partial charge in [0.25, 0.3) is 0 Å². The van der Waals surface area contributed by atoms with Crippen LogP contribution in [0.15, 0.2) is 23.2 Å². The quantitative estimate of drug-likeness (QED) is 0.874. The zero-order chi connectivity index (χ0) is 15.5. The summed E-state index contributed by atoms with van der Waals surface area (Å²) in [6.45, 7) is 2.63. The van der Waals surface area contributed by atoms with Gasteiger partial charge in [0.1, 0.15) is 10.7 Å². The largest absolute Gasteiger partial charge is 0.356 e. The number of piperidine rings is 1. The molecule has 1 unspecified atom stereocenters. The van der Waals surface area contributed by atoms with Crippen molar-refractivity contribution in [2.75, 3.05) is 38.6 Å². The number of aromatic nitrogens is 1. The van der Waals surface area contributed by atoms with E-state index in [-0.39, 0.29) is 4.90 Å². The Morgan fingerprint density at radius 1 is 1.43 bits per heavy atom. The molecule has 1 aromatic rings. The lowest BCUT2D eigenvalue weighted by Crippen LogP contribution is -2.36. The first kappa shape index (κ1) is 16.2. The van der Waals surface area contributed by atoms with E-state index in [1.807, 2.05) is 0 Å². The van der Waals surface area contributed by atoms with Crippen LogP contribution in [0.3, 0.4) is 0 Å². The van der Waals surface area contributed by atoms with Crippen molar-refractivity contribution in [1.29, 1.82) is 0 Å². The molecule has 21 heavy (non-hydrogen) atoms. The van der Waals surface area contributed by atoms with E-state index in [2.05, 4.69) is 9.88 Å². The van der Waals surface area contributed by atoms with E-state index < -0.39 is 10.0 Å². The molecule has 2 heterocycles. The first-order valence-corrected chi connectivity index (χ1v) is 8.72. The highest BCUT2D eigenvalue weighted by atomic mass is 32.2. The molecule has 118 valence electrons. The summed E-state index contributed by atoms with van der Waals surface area (Å²) in [5, 5.41) is 0. The summed E-state index contributed by atoms with van der Waals surface area (Å²) in [4.78, 5) is 6.78. The van der Waals surface area contributed by atoms with Crippen molar-refractivity contribution in [3.05, 3.63) is 18.3 Å². The van der Waals surface area contributed by atoms with Gasteiger partial charge in [-0.2, -0.15) is 0 Å². The number of pyridine rings is 1. The number of hydrogen-bond donors (Lipinski definition) is 1. The van der Waals surface area contributed by atoms with Gasteiger partial charge in [-0.1, -0.05) is 0 Å². The van der Waals surface area contributed by atoms with Crippen LogP contribution in [0.25, 0.3) is 0 Å². The van der Waals surface area contributed by atoms with Crippen molar-refractivity contribution in [3.63, 3.8) is 0 Å². The van der Waals surface area contributed by atoms with E-state index in [4.69, 9.17) is 5.73 Å². The zero-order valence-electron chi connectivity index (χ0n) is 12.7. The highest BCUT2D eigenvalue weighted by Gasteiger charge is 2.22. The minimum atomic E-state index is -3.41. The second-order valence-electron chi connectivity index (χ2n) is 5.67. The van der Waals surface area contributed by atoms with Crippen molar-refractivity contribution < 1.29 is 8.42 Å². The lowest BCUT2D eigenvalue weighted by atomic mass is 9.95. The van der Waals surface area contributed by atoms with Gasteiger partial charge in [0.15, 0.2) is 0 Å². The van der Waals surface area contributed by atoms with E-state index in [1.54, 1.807) is 12.1 Å². The maximum absolute atomic E-state index is 12.0. The van der Waals surface area contributed by atoms with Gasteiger partial charge in [0.2, 0.25) is 10.0 Å². The molecule has 2 rings (SSSR count). The highest BCUT2D eigenvalue weighted by Crippen LogP contribution is 2.24. The molecule has 1 aliphatic rings. The Hall–Kier alpha value is -1.18. The van der Waals surface area contributed by atoms with Crippen LogP contribution in [0.4, 0.5) is 5.82 Å². The van der Waals surface area contributed by atoms with E-state index in [9.17, 15) is 8.42 Å². The molecule has 0 saturated carbocycles. The molecular weight excluding hydrogens is 288 g/mol. The number of nitrogens with two attached hydrogens (primary N) is 1. The Morgan fingerprint density at radius 3 is 2.76 bits per heavy atom. The molecule has 0 amide bonds. The summed E-state index contributed by atoms with van der Waals surface area (Å²) in [6.07, 6.45) is 4.81. The summed E-state index contributed by atoms with van der Waals surface area (Å²) in [5.74, 6) is 1.45. The molecule has 0 radical (unpaired) electrons. The van der Waals surface area contributed by atoms with Crippen LogP contribution < -0.4 is 10.6 Å². The third-order valence-corrected chi connectivity index (χ3v) is 5.72. The normalized spacial score (nSPS) is 20.0. The fraction of sp³-hybridized carbons (Fsp3) is 0.643. The first-order valence-electron chi connectivity index (χ1n) is 7.28. The predicted octanol–water partition coefficient (Wildman–Crippen LogP) is 0.897. The predicted molar refractivity (Wildman–Crippen MR) is 83.7 cm³/mol. The van der Waals surface area contributed by atoms with Gasteiger partial charge < -0.3 is 10.6 Å². The minimum Gasteiger partial charge on any atom is -0.356 e. The van der Waals surface area contributed by atoms with Crippen molar-refractivity contribution in [3.8, 4) is 0 Å². The summed E-state index contributed by atoms with van der Waals surface area (Å²) < 4.78 is 25.2. The molecular formula is C14H24N4O2S. The van der Waals surface area contributed by atoms with E-state index in [1.165, 1.54) is 31.0 Å². The summed E-state index contributed by atoms with van der Waals surface area (Å²) in [6, 6.07) is 3.42. The number of hydrogen-bond acceptors (Lipinski definition) is 5. The van der Waals surface area contributed by atoms with Crippen LogP contribution in [0.1, 0.15) is 19.3 Å². The maximum Gasteiger partial charge on any atom is 0.244 e. The second kappa shape index (κ2) is 6.72. The highest BCUT2D eigenvalue weighted by molar-refractivity contribution is 7.89. The van der Waals surface area contributed by atoms with Crippen LogP contribution in [-0.4, -0.2) is 51.4 Å². The average molecular weight is 312 g/mol. The summed E-state index contributed by atoms with van der Waals surface area (Å²) in [7, 11) is -0.370. The Balaban J connectivity index is 2.12. The minimum absolute atomic E-state index is 0.228. The fourth-order valence-electron chi connectivity index (χ4n) is 2.67. The Bertz CT molecular complexity index is 555. The van der Waals surface area contributed by atoms with Gasteiger partial charge in [-0.25, -0.2) is 17.7 Å². The van der Waals surface area contributed by atoms with E-state index in [0.29, 0.717) is 12.5 Å². The van der Waals surface area contributed by atoms with Crippen molar-refractivity contribution in [1.82, 2.24) is 9.29 Å². The van der Waals surface area contributed by atoms with Gasteiger partial charge in [-0.15, -0.1) is 0 Å². The van der Waals surface area contributed by atoms with Crippen LogP contribution >= 0.6 is 0 Å². The van der Waals surface area contributed by atoms with Gasteiger partial charge >= 0.3 is 0 Å². The molecule has 7 heteroatoms. The molecule has 1 aliphatic heterocycles. The number of sulfonamides is 1. The Labute approximate surface area is 127 Å². The van der Waals surface area contributed by atoms with Gasteiger partial charge in [-0.05, 0) is 43.9 Å². The van der Waals surface area contributed by atoms with Gasteiger partial charge in [-0.3, -0.25) is 0 Å². The monoisotopic (exact) mass is 312 g/mol. The summed E-state index contributed by atoms with van der Waals surface area (Å²) >= 11 is 0. The van der Waals surface area contributed by atoms with Crippen LogP contribution in [-0.2, 0) is 10.0 Å². The van der Waals surface area contributed by atoms with Crippen molar-refractivity contribution >= 4 is 15.8 Å². The lowest BCUT2D eigenvalue weighted by Gasteiger charge is -2.33. The SMILES string of the molecule is CN(C)S(=O)(=O)c1ccc(N2CCCC(CCN)C2)nc1. The molecule has 0 spiro atoms. The third-order valence-electron chi connectivity index (χ3n) is 3.92. The molecule has 6 nitrogen and oxygen atoms in total. The smallest absolute Gasteiger partial charge is 0.244 e. The number of nitrogens with zero attached hydrogens (tertiary/aromatic N) is 3. The fourth-order valence-corrected chi connectivity index (χ4v) is 3.51. The van der Waals surface area contributed by atoms with E-state index >= 15 is 0 Å². The van der Waals surface area contributed by atoms with Crippen molar-refractivity contribution in [2.45, 2.75) is 24.2 Å². The molecule has 0 aliphatic carbocycles. The van der Waals surface area contributed by atoms with Crippen LogP contribution in [0.2, 0.25) is 0 Å². The average Bonchev–Trinajstić information content (AvgIpc) is 2.48. The van der Waals surface area contributed by atoms with Crippen LogP contribution in [0.5, 0.6) is 0 Å². The summed E-state index contributed by atoms with van der Waals surface area (Å²) in [5.41, 5.74) is 5.63. The van der Waals surface area contributed by atoms with Crippen molar-refractivity contribution in [2.24, 2.45) is 11.7 Å². The third kappa shape index (κ3) is 3.72. The maximum atomic E-state index is 12.0. The van der Waals surface area contributed by atoms with Crippen LogP contribution in [0, 0.1) is 5.92 Å². The topological polar surface area (TPSA) is 79.5 Å². The number of anilines is 1. The molecule has 1 aromatic heterocycles. The standard InChI is InChI=1S/C14H24N4O2S/c1-17(2)21(19,20)13-5-6-14(16-10-13)18-9-3-4-12(11-18)7-8-15/h5-6,10,12H,3-4,7-9,11,15H2,1-2H3. The molecule has 0 bridgehead atoms. The molecule has 2 N–H and O–H groups in total. The lowest BCUT2D eigenvalue weighted by molar-refractivity contribution is 0.394. The molecule has 1 fully saturated rings.